The summed E-state index contributed by atoms with van der Waals surface area (Å²) in [6.45, 7) is 7.87. The van der Waals surface area contributed by atoms with Gasteiger partial charge in [-0.05, 0) is 45.8 Å². The molecule has 0 unspecified atom stereocenters. The predicted molar refractivity (Wildman–Crippen MR) is 64.1 cm³/mol. The average Bonchev–Trinajstić information content (AvgIpc) is 2.62. The molecule has 0 aromatic carbocycles. The van der Waals surface area contributed by atoms with Crippen LogP contribution in [0, 0.1) is 5.92 Å². The van der Waals surface area contributed by atoms with Crippen LogP contribution in [0.15, 0.2) is 11.6 Å². The van der Waals surface area contributed by atoms with E-state index >= 15 is 0 Å². The fourth-order valence-corrected chi connectivity index (χ4v) is 2.49. The Labute approximate surface area is 95.3 Å². The van der Waals surface area contributed by atoms with Gasteiger partial charge >= 0.3 is 0 Å². The molecular weight excluding hydrogens is 206 g/mol. The van der Waals surface area contributed by atoms with Gasteiger partial charge in [-0.1, -0.05) is 0 Å². The third-order valence-corrected chi connectivity index (χ3v) is 4.05. The van der Waals surface area contributed by atoms with Crippen LogP contribution < -0.4 is 10.6 Å². The minimum Gasteiger partial charge on any atom is -0.316 e. The lowest BCUT2D eigenvalue weighted by Gasteiger charge is -2.29. The Bertz CT molecular complexity index is 291. The molecule has 0 amide bonds. The van der Waals surface area contributed by atoms with Crippen LogP contribution >= 0.6 is 11.3 Å². The summed E-state index contributed by atoms with van der Waals surface area (Å²) in [5, 5.41) is 10.1. The number of nitrogens with zero attached hydrogens (tertiary/aromatic N) is 1. The maximum absolute atomic E-state index is 4.36. The maximum Gasteiger partial charge on any atom is 0.112 e. The van der Waals surface area contributed by atoms with Gasteiger partial charge in [0.25, 0.3) is 0 Å². The van der Waals surface area contributed by atoms with Crippen LogP contribution in [0.4, 0.5) is 0 Å². The number of aromatic nitrogens is 1. The lowest BCUT2D eigenvalue weighted by molar-refractivity contribution is 0.300. The molecule has 1 aliphatic heterocycles. The van der Waals surface area contributed by atoms with Gasteiger partial charge < -0.3 is 10.6 Å². The van der Waals surface area contributed by atoms with Gasteiger partial charge in [0.05, 0.1) is 5.54 Å². The normalized spacial score (nSPS) is 17.7. The molecule has 1 aromatic heterocycles. The number of hydrogen-bond acceptors (Lipinski definition) is 4. The number of nitrogens with one attached hydrogen (secondary N) is 2. The summed E-state index contributed by atoms with van der Waals surface area (Å²) in [6, 6.07) is 0. The molecule has 3 nitrogen and oxygen atoms in total. The summed E-state index contributed by atoms with van der Waals surface area (Å²) >= 11 is 1.72. The second kappa shape index (κ2) is 4.60. The van der Waals surface area contributed by atoms with Crippen molar-refractivity contribution >= 4 is 11.3 Å². The summed E-state index contributed by atoms with van der Waals surface area (Å²) in [6.07, 6.45) is 3.14. The average molecular weight is 225 g/mol. The molecule has 0 aliphatic carbocycles. The Morgan fingerprint density at radius 2 is 2.40 bits per heavy atom. The number of hydrogen-bond donors (Lipinski definition) is 2. The third-order valence-electron chi connectivity index (χ3n) is 2.95. The Balaban J connectivity index is 1.77. The predicted octanol–water partition coefficient (Wildman–Crippen LogP) is 1.58. The van der Waals surface area contributed by atoms with Gasteiger partial charge in [0.2, 0.25) is 0 Å². The molecule has 4 heteroatoms. The van der Waals surface area contributed by atoms with Crippen LogP contribution in [0.5, 0.6) is 0 Å². The number of thiazole rings is 1. The molecule has 0 saturated carbocycles. The lowest BCUT2D eigenvalue weighted by Crippen LogP contribution is -2.45. The van der Waals surface area contributed by atoms with Crippen LogP contribution in [0.2, 0.25) is 0 Å². The summed E-state index contributed by atoms with van der Waals surface area (Å²) in [7, 11) is 0. The van der Waals surface area contributed by atoms with Crippen molar-refractivity contribution in [2.75, 3.05) is 19.6 Å². The van der Waals surface area contributed by atoms with E-state index in [0.29, 0.717) is 0 Å². The Kier molecular flexibility index (Phi) is 3.38. The highest BCUT2D eigenvalue weighted by molar-refractivity contribution is 7.09. The second-order valence-corrected chi connectivity index (χ2v) is 5.60. The summed E-state index contributed by atoms with van der Waals surface area (Å²) in [5.74, 6) is 0.879. The van der Waals surface area contributed by atoms with Crippen molar-refractivity contribution in [3.8, 4) is 0 Å². The first kappa shape index (κ1) is 11.0. The molecule has 0 radical (unpaired) electrons. The van der Waals surface area contributed by atoms with E-state index in [1.807, 2.05) is 11.6 Å². The van der Waals surface area contributed by atoms with E-state index in [-0.39, 0.29) is 5.54 Å². The highest BCUT2D eigenvalue weighted by Gasteiger charge is 2.23. The van der Waals surface area contributed by atoms with Crippen LogP contribution in [0.25, 0.3) is 0 Å². The van der Waals surface area contributed by atoms with Crippen molar-refractivity contribution in [2.24, 2.45) is 5.92 Å². The van der Waals surface area contributed by atoms with E-state index in [1.165, 1.54) is 24.5 Å². The quantitative estimate of drug-likeness (QED) is 0.799. The molecule has 1 aromatic rings. The van der Waals surface area contributed by atoms with Gasteiger partial charge in [-0.15, -0.1) is 11.3 Å². The zero-order valence-corrected chi connectivity index (χ0v) is 10.2. The van der Waals surface area contributed by atoms with Gasteiger partial charge in [-0.3, -0.25) is 0 Å². The Hall–Kier alpha value is -0.450. The molecule has 0 bridgehead atoms. The molecule has 0 atom stereocenters. The smallest absolute Gasteiger partial charge is 0.112 e. The first-order chi connectivity index (χ1) is 7.18. The van der Waals surface area contributed by atoms with Crippen molar-refractivity contribution in [1.82, 2.24) is 15.6 Å². The van der Waals surface area contributed by atoms with Crippen LogP contribution in [0.1, 0.15) is 25.3 Å². The van der Waals surface area contributed by atoms with Crippen molar-refractivity contribution in [2.45, 2.75) is 25.8 Å². The summed E-state index contributed by atoms with van der Waals surface area (Å²) in [5.41, 5.74) is 0.0192. The van der Waals surface area contributed by atoms with E-state index in [2.05, 4.69) is 29.5 Å². The number of rotatable bonds is 5. The van der Waals surface area contributed by atoms with E-state index in [0.717, 1.165) is 12.5 Å². The van der Waals surface area contributed by atoms with Crippen molar-refractivity contribution < 1.29 is 0 Å². The van der Waals surface area contributed by atoms with Crippen LogP contribution in [0.3, 0.4) is 0 Å². The molecule has 1 aliphatic rings. The van der Waals surface area contributed by atoms with Crippen molar-refractivity contribution in [3.05, 3.63) is 16.6 Å². The monoisotopic (exact) mass is 225 g/mol. The standard InChI is InChI=1S/C11H19N3S/c1-11(2,10-13-5-6-15-10)14-4-3-9-7-12-8-9/h5-6,9,12,14H,3-4,7-8H2,1-2H3. The van der Waals surface area contributed by atoms with Gasteiger partial charge in [-0.25, -0.2) is 4.98 Å². The van der Waals surface area contributed by atoms with E-state index in [9.17, 15) is 0 Å². The topological polar surface area (TPSA) is 37.0 Å². The summed E-state index contributed by atoms with van der Waals surface area (Å²) in [4.78, 5) is 4.36. The molecule has 1 saturated heterocycles. The first-order valence-electron chi connectivity index (χ1n) is 5.54. The highest BCUT2D eigenvalue weighted by atomic mass is 32.1. The van der Waals surface area contributed by atoms with Crippen molar-refractivity contribution in [1.29, 1.82) is 0 Å². The SMILES string of the molecule is CC(C)(NCCC1CNC1)c1nccs1. The molecule has 84 valence electrons. The zero-order chi connectivity index (χ0) is 10.7. The summed E-state index contributed by atoms with van der Waals surface area (Å²) < 4.78 is 0. The largest absolute Gasteiger partial charge is 0.316 e. The fraction of sp³-hybridized carbons (Fsp3) is 0.727. The minimum absolute atomic E-state index is 0.0192. The Morgan fingerprint density at radius 3 is 2.93 bits per heavy atom. The maximum atomic E-state index is 4.36. The molecular formula is C11H19N3S. The molecule has 2 rings (SSSR count). The molecule has 0 spiro atoms. The van der Waals surface area contributed by atoms with Gasteiger partial charge in [0.15, 0.2) is 0 Å². The Morgan fingerprint density at radius 1 is 1.60 bits per heavy atom. The lowest BCUT2D eigenvalue weighted by atomic mass is 9.98. The third kappa shape index (κ3) is 2.77. The van der Waals surface area contributed by atoms with Crippen molar-refractivity contribution in [3.63, 3.8) is 0 Å². The minimum atomic E-state index is 0.0192. The molecule has 15 heavy (non-hydrogen) atoms. The second-order valence-electron chi connectivity index (χ2n) is 4.70. The molecule has 2 N–H and O–H groups in total. The van der Waals surface area contributed by atoms with E-state index in [4.69, 9.17) is 0 Å². The fourth-order valence-electron chi connectivity index (χ4n) is 1.75. The van der Waals surface area contributed by atoms with Gasteiger partial charge in [0.1, 0.15) is 5.01 Å². The van der Waals surface area contributed by atoms with Crippen LogP contribution in [-0.2, 0) is 5.54 Å². The first-order valence-corrected chi connectivity index (χ1v) is 6.42. The van der Waals surface area contributed by atoms with Gasteiger partial charge in [-0.2, -0.15) is 0 Å². The highest BCUT2D eigenvalue weighted by Crippen LogP contribution is 2.22. The van der Waals surface area contributed by atoms with Crippen LogP contribution in [-0.4, -0.2) is 24.6 Å². The van der Waals surface area contributed by atoms with Gasteiger partial charge in [0, 0.05) is 11.6 Å². The molecule has 2 heterocycles. The molecule has 1 fully saturated rings. The van der Waals surface area contributed by atoms with E-state index in [1.54, 1.807) is 11.3 Å². The van der Waals surface area contributed by atoms with E-state index < -0.39 is 0 Å². The zero-order valence-electron chi connectivity index (χ0n) is 9.42.